The van der Waals surface area contributed by atoms with Crippen molar-refractivity contribution in [2.75, 3.05) is 46.4 Å². The van der Waals surface area contributed by atoms with Gasteiger partial charge in [0.25, 0.3) is 0 Å². The van der Waals surface area contributed by atoms with E-state index in [4.69, 9.17) is 21.1 Å². The van der Waals surface area contributed by atoms with Crippen LogP contribution in [0.4, 0.5) is 0 Å². The van der Waals surface area contributed by atoms with Crippen LogP contribution in [-0.4, -0.2) is 76.1 Å². The number of halogens is 1. The van der Waals surface area contributed by atoms with E-state index in [0.717, 1.165) is 25.9 Å². The Hall–Kier alpha value is -1.19. The first-order valence-corrected chi connectivity index (χ1v) is 10.5. The molecular weight excluding hydrogens is 380 g/mol. The van der Waals surface area contributed by atoms with Gasteiger partial charge in [-0.3, -0.25) is 0 Å². The predicted molar refractivity (Wildman–Crippen MR) is 97.0 cm³/mol. The number of benzene rings is 1. The molecular formula is C17H23ClN2O5S. The van der Waals surface area contributed by atoms with E-state index < -0.39 is 16.0 Å². The third-order valence-corrected chi connectivity index (χ3v) is 6.93. The van der Waals surface area contributed by atoms with Crippen LogP contribution in [-0.2, 0) is 19.5 Å². The molecule has 7 nitrogen and oxygen atoms in total. The van der Waals surface area contributed by atoms with Crippen molar-refractivity contribution in [2.45, 2.75) is 23.8 Å². The van der Waals surface area contributed by atoms with Crippen molar-refractivity contribution in [2.24, 2.45) is 0 Å². The summed E-state index contributed by atoms with van der Waals surface area (Å²) < 4.78 is 37.6. The largest absolute Gasteiger partial charge is 0.459 e. The topological polar surface area (TPSA) is 76.2 Å². The molecule has 144 valence electrons. The zero-order valence-electron chi connectivity index (χ0n) is 14.7. The van der Waals surface area contributed by atoms with Crippen molar-refractivity contribution in [3.05, 3.63) is 28.8 Å². The molecule has 0 saturated carbocycles. The van der Waals surface area contributed by atoms with E-state index in [9.17, 15) is 13.2 Å². The van der Waals surface area contributed by atoms with Gasteiger partial charge >= 0.3 is 5.97 Å². The minimum absolute atomic E-state index is 0.0409. The van der Waals surface area contributed by atoms with E-state index in [2.05, 4.69) is 4.90 Å². The highest BCUT2D eigenvalue weighted by Gasteiger charge is 2.28. The summed E-state index contributed by atoms with van der Waals surface area (Å²) in [6.45, 7) is 3.02. The van der Waals surface area contributed by atoms with Crippen LogP contribution in [0.25, 0.3) is 0 Å². The number of carbonyl (C=O) groups excluding carboxylic acids is 1. The molecule has 2 aliphatic rings. The van der Waals surface area contributed by atoms with E-state index >= 15 is 0 Å². The molecule has 2 aliphatic heterocycles. The minimum Gasteiger partial charge on any atom is -0.459 e. The van der Waals surface area contributed by atoms with E-state index in [1.165, 1.54) is 22.5 Å². The number of hydrogen-bond donors (Lipinski definition) is 0. The SMILES string of the molecule is CN1CCC(OC(=O)c2cc(S(=O)(=O)N3CCOCC3)ccc2Cl)CC1. The second-order valence-electron chi connectivity index (χ2n) is 6.57. The Kier molecular flexibility index (Phi) is 6.19. The van der Waals surface area contributed by atoms with Crippen LogP contribution < -0.4 is 0 Å². The molecule has 0 amide bonds. The number of morpholine rings is 1. The zero-order chi connectivity index (χ0) is 18.7. The van der Waals surface area contributed by atoms with Gasteiger partial charge in [0.1, 0.15) is 6.10 Å². The van der Waals surface area contributed by atoms with Crippen molar-refractivity contribution < 1.29 is 22.7 Å². The Bertz CT molecular complexity index is 756. The van der Waals surface area contributed by atoms with Gasteiger partial charge in [-0.25, -0.2) is 13.2 Å². The molecule has 0 spiro atoms. The maximum atomic E-state index is 12.8. The van der Waals surface area contributed by atoms with Crippen LogP contribution in [0.3, 0.4) is 0 Å². The Labute approximate surface area is 158 Å². The van der Waals surface area contributed by atoms with Gasteiger partial charge in [0.2, 0.25) is 10.0 Å². The number of ether oxygens (including phenoxy) is 2. The number of sulfonamides is 1. The van der Waals surface area contributed by atoms with E-state index in [0.29, 0.717) is 26.3 Å². The molecule has 2 fully saturated rings. The van der Waals surface area contributed by atoms with Gasteiger partial charge in [0.05, 0.1) is 28.7 Å². The molecule has 2 heterocycles. The molecule has 0 radical (unpaired) electrons. The van der Waals surface area contributed by atoms with Crippen LogP contribution in [0.5, 0.6) is 0 Å². The molecule has 9 heteroatoms. The zero-order valence-corrected chi connectivity index (χ0v) is 16.3. The first-order valence-electron chi connectivity index (χ1n) is 8.65. The summed E-state index contributed by atoms with van der Waals surface area (Å²) in [6.07, 6.45) is 1.34. The fraction of sp³-hybridized carbons (Fsp3) is 0.588. The average molecular weight is 403 g/mol. The summed E-state index contributed by atoms with van der Waals surface area (Å²) in [4.78, 5) is 14.7. The highest BCUT2D eigenvalue weighted by molar-refractivity contribution is 7.89. The maximum Gasteiger partial charge on any atom is 0.339 e. The predicted octanol–water partition coefficient (Wildman–Crippen LogP) is 1.61. The first kappa shape index (κ1) is 19.6. The quantitative estimate of drug-likeness (QED) is 0.712. The van der Waals surface area contributed by atoms with E-state index in [1.54, 1.807) is 0 Å². The number of hydrogen-bond acceptors (Lipinski definition) is 6. The van der Waals surface area contributed by atoms with Gasteiger partial charge < -0.3 is 14.4 Å². The van der Waals surface area contributed by atoms with Crippen LogP contribution in [0.1, 0.15) is 23.2 Å². The molecule has 1 aromatic rings. The molecule has 0 aliphatic carbocycles. The fourth-order valence-electron chi connectivity index (χ4n) is 3.07. The smallest absolute Gasteiger partial charge is 0.339 e. The molecule has 2 saturated heterocycles. The third-order valence-electron chi connectivity index (χ3n) is 4.70. The monoisotopic (exact) mass is 402 g/mol. The number of nitrogens with zero attached hydrogens (tertiary/aromatic N) is 2. The molecule has 3 rings (SSSR count). The third kappa shape index (κ3) is 4.37. The van der Waals surface area contributed by atoms with Gasteiger partial charge in [-0.05, 0) is 38.1 Å². The van der Waals surface area contributed by atoms with Gasteiger partial charge in [-0.15, -0.1) is 0 Å². The van der Waals surface area contributed by atoms with E-state index in [1.807, 2.05) is 7.05 Å². The van der Waals surface area contributed by atoms with Crippen molar-refractivity contribution in [3.63, 3.8) is 0 Å². The number of rotatable bonds is 4. The van der Waals surface area contributed by atoms with Crippen molar-refractivity contribution in [3.8, 4) is 0 Å². The van der Waals surface area contributed by atoms with Crippen molar-refractivity contribution in [1.29, 1.82) is 0 Å². The average Bonchev–Trinajstić information content (AvgIpc) is 2.64. The summed E-state index contributed by atoms with van der Waals surface area (Å²) in [6, 6.07) is 4.16. The summed E-state index contributed by atoms with van der Waals surface area (Å²) in [5, 5.41) is 0.184. The lowest BCUT2D eigenvalue weighted by atomic mass is 10.1. The van der Waals surface area contributed by atoms with Gasteiger partial charge in [-0.2, -0.15) is 4.31 Å². The van der Waals surface area contributed by atoms with Gasteiger partial charge in [-0.1, -0.05) is 11.6 Å². The molecule has 0 atom stereocenters. The number of esters is 1. The fourth-order valence-corrected chi connectivity index (χ4v) is 4.70. The number of likely N-dealkylation sites (tertiary alicyclic amines) is 1. The van der Waals surface area contributed by atoms with Crippen LogP contribution >= 0.6 is 11.6 Å². The molecule has 1 aromatic carbocycles. The lowest BCUT2D eigenvalue weighted by Gasteiger charge is -2.28. The van der Waals surface area contributed by atoms with Crippen LogP contribution in [0, 0.1) is 0 Å². The van der Waals surface area contributed by atoms with Crippen LogP contribution in [0.2, 0.25) is 5.02 Å². The van der Waals surface area contributed by atoms with Crippen molar-refractivity contribution in [1.82, 2.24) is 9.21 Å². The number of carbonyl (C=O) groups is 1. The molecule has 26 heavy (non-hydrogen) atoms. The van der Waals surface area contributed by atoms with E-state index in [-0.39, 0.29) is 21.6 Å². The second kappa shape index (κ2) is 8.22. The Morgan fingerprint density at radius 1 is 1.19 bits per heavy atom. The Balaban J connectivity index is 1.77. The minimum atomic E-state index is -3.69. The Morgan fingerprint density at radius 3 is 2.50 bits per heavy atom. The molecule has 0 bridgehead atoms. The van der Waals surface area contributed by atoms with Gasteiger partial charge in [0.15, 0.2) is 0 Å². The van der Waals surface area contributed by atoms with Gasteiger partial charge in [0, 0.05) is 26.2 Å². The molecule has 0 unspecified atom stereocenters. The number of piperidine rings is 1. The summed E-state index contributed by atoms with van der Waals surface area (Å²) in [7, 11) is -1.67. The first-order chi connectivity index (χ1) is 12.4. The highest BCUT2D eigenvalue weighted by Crippen LogP contribution is 2.25. The maximum absolute atomic E-state index is 12.8. The molecule has 0 aromatic heterocycles. The second-order valence-corrected chi connectivity index (χ2v) is 8.91. The standard InChI is InChI=1S/C17H23ClN2O5S/c1-19-6-4-13(5-7-19)25-17(21)15-12-14(2-3-16(15)18)26(22,23)20-8-10-24-11-9-20/h2-3,12-13H,4-11H2,1H3. The van der Waals surface area contributed by atoms with Crippen molar-refractivity contribution >= 4 is 27.6 Å². The lowest BCUT2D eigenvalue weighted by molar-refractivity contribution is 0.0139. The van der Waals surface area contributed by atoms with Crippen LogP contribution in [0.15, 0.2) is 23.1 Å². The lowest BCUT2D eigenvalue weighted by Crippen LogP contribution is -2.40. The highest BCUT2D eigenvalue weighted by atomic mass is 35.5. The summed E-state index contributed by atoms with van der Waals surface area (Å²) in [5.74, 6) is -0.580. The Morgan fingerprint density at radius 2 is 1.85 bits per heavy atom. The normalized spacial score (nSPS) is 20.8. The molecule has 0 N–H and O–H groups in total. The summed E-state index contributed by atoms with van der Waals surface area (Å²) in [5.41, 5.74) is 0.0833. The summed E-state index contributed by atoms with van der Waals surface area (Å²) >= 11 is 6.13.